The summed E-state index contributed by atoms with van der Waals surface area (Å²) in [5.74, 6) is -0.171. The van der Waals surface area contributed by atoms with Crippen LogP contribution in [0.1, 0.15) is 12.0 Å². The van der Waals surface area contributed by atoms with Gasteiger partial charge in [-0.05, 0) is 83.1 Å². The van der Waals surface area contributed by atoms with Crippen molar-refractivity contribution in [1.82, 2.24) is 0 Å². The minimum Gasteiger partial charge on any atom is -0.376 e. The van der Waals surface area contributed by atoms with Gasteiger partial charge in [0.1, 0.15) is 0 Å². The summed E-state index contributed by atoms with van der Waals surface area (Å²) >= 11 is 2.24. The van der Waals surface area contributed by atoms with Gasteiger partial charge in [0.05, 0.1) is 6.54 Å². The molecule has 0 spiro atoms. The van der Waals surface area contributed by atoms with Crippen LogP contribution >= 0.6 is 22.6 Å². The van der Waals surface area contributed by atoms with Gasteiger partial charge in [-0.2, -0.15) is 0 Å². The topological polar surface area (TPSA) is 70.2 Å². The lowest BCUT2D eigenvalue weighted by Crippen LogP contribution is -2.21. The van der Waals surface area contributed by atoms with E-state index in [4.69, 9.17) is 0 Å². The normalized spacial score (nSPS) is 10.2. The molecule has 0 atom stereocenters. The highest BCUT2D eigenvalue weighted by molar-refractivity contribution is 14.1. The molecule has 0 saturated heterocycles. The fourth-order valence-electron chi connectivity index (χ4n) is 2.72. The smallest absolute Gasteiger partial charge is 0.243 e. The molecule has 0 heterocycles. The van der Waals surface area contributed by atoms with E-state index in [-0.39, 0.29) is 18.4 Å². The van der Waals surface area contributed by atoms with E-state index in [9.17, 15) is 9.59 Å². The van der Waals surface area contributed by atoms with Crippen molar-refractivity contribution in [1.29, 1.82) is 0 Å². The SMILES string of the molecule is O=C(CCc1ccccc1)Nc1ccc(NC(=O)CNc2ccc(I)cc2)cc1. The van der Waals surface area contributed by atoms with Crippen LogP contribution in [0.4, 0.5) is 17.1 Å². The van der Waals surface area contributed by atoms with E-state index in [1.165, 1.54) is 0 Å². The molecule has 0 aliphatic rings. The summed E-state index contributed by atoms with van der Waals surface area (Å²) in [7, 11) is 0. The lowest BCUT2D eigenvalue weighted by molar-refractivity contribution is -0.116. The highest BCUT2D eigenvalue weighted by atomic mass is 127. The maximum Gasteiger partial charge on any atom is 0.243 e. The Kier molecular flexibility index (Phi) is 7.63. The van der Waals surface area contributed by atoms with E-state index in [1.54, 1.807) is 24.3 Å². The molecule has 0 radical (unpaired) electrons. The first-order valence-electron chi connectivity index (χ1n) is 9.31. The fraction of sp³-hybridized carbons (Fsp3) is 0.130. The van der Waals surface area contributed by atoms with Crippen LogP contribution in [-0.4, -0.2) is 18.4 Å². The van der Waals surface area contributed by atoms with Crippen molar-refractivity contribution in [2.45, 2.75) is 12.8 Å². The molecular formula is C23H22IN3O2. The molecule has 0 aliphatic carbocycles. The number of hydrogen-bond donors (Lipinski definition) is 3. The summed E-state index contributed by atoms with van der Waals surface area (Å²) in [6.07, 6.45) is 1.13. The van der Waals surface area contributed by atoms with Crippen molar-refractivity contribution in [2.24, 2.45) is 0 Å². The second-order valence-corrected chi connectivity index (χ2v) is 7.77. The average molecular weight is 499 g/mol. The summed E-state index contributed by atoms with van der Waals surface area (Å²) < 4.78 is 1.14. The Bertz CT molecular complexity index is 942. The Morgan fingerprint density at radius 1 is 0.690 bits per heavy atom. The van der Waals surface area contributed by atoms with E-state index >= 15 is 0 Å². The summed E-state index contributed by atoms with van der Waals surface area (Å²) in [4.78, 5) is 24.2. The number of carbonyl (C=O) groups excluding carboxylic acids is 2. The van der Waals surface area contributed by atoms with Crippen LogP contribution in [0.25, 0.3) is 0 Å². The lowest BCUT2D eigenvalue weighted by Gasteiger charge is -2.09. The molecule has 148 valence electrons. The molecule has 0 aromatic heterocycles. The molecule has 3 N–H and O–H groups in total. The van der Waals surface area contributed by atoms with Gasteiger partial charge in [-0.1, -0.05) is 30.3 Å². The standard InChI is InChI=1S/C23H22IN3O2/c24-18-7-9-19(10-8-18)25-16-23(29)27-21-13-11-20(12-14-21)26-22(28)15-6-17-4-2-1-3-5-17/h1-5,7-14,25H,6,15-16H2,(H,26,28)(H,27,29). The molecular weight excluding hydrogens is 477 g/mol. The van der Waals surface area contributed by atoms with Crippen LogP contribution in [-0.2, 0) is 16.0 Å². The van der Waals surface area contributed by atoms with Gasteiger partial charge in [-0.15, -0.1) is 0 Å². The van der Waals surface area contributed by atoms with Crippen LogP contribution in [0, 0.1) is 3.57 Å². The number of amides is 2. The van der Waals surface area contributed by atoms with Crippen LogP contribution < -0.4 is 16.0 Å². The quantitative estimate of drug-likeness (QED) is 0.386. The van der Waals surface area contributed by atoms with E-state index in [0.717, 1.165) is 14.8 Å². The first kappa shape index (κ1) is 20.9. The zero-order valence-corrected chi connectivity index (χ0v) is 18.0. The largest absolute Gasteiger partial charge is 0.376 e. The summed E-state index contributed by atoms with van der Waals surface area (Å²) in [5, 5.41) is 8.80. The molecule has 0 saturated carbocycles. The van der Waals surface area contributed by atoms with Crippen molar-refractivity contribution < 1.29 is 9.59 Å². The summed E-state index contributed by atoms with van der Waals surface area (Å²) in [5.41, 5.74) is 3.42. The zero-order chi connectivity index (χ0) is 20.5. The van der Waals surface area contributed by atoms with Gasteiger partial charge in [0.15, 0.2) is 0 Å². The van der Waals surface area contributed by atoms with Crippen molar-refractivity contribution >= 4 is 51.5 Å². The number of carbonyl (C=O) groups is 2. The Hall–Kier alpha value is -2.87. The van der Waals surface area contributed by atoms with Gasteiger partial charge >= 0.3 is 0 Å². The highest BCUT2D eigenvalue weighted by Gasteiger charge is 2.05. The maximum absolute atomic E-state index is 12.1. The van der Waals surface area contributed by atoms with Crippen LogP contribution in [0.5, 0.6) is 0 Å². The van der Waals surface area contributed by atoms with Crippen LogP contribution in [0.15, 0.2) is 78.9 Å². The molecule has 0 unspecified atom stereocenters. The van der Waals surface area contributed by atoms with Crippen molar-refractivity contribution in [3.8, 4) is 0 Å². The molecule has 6 heteroatoms. The van der Waals surface area contributed by atoms with Gasteiger partial charge in [0.25, 0.3) is 0 Å². The molecule has 0 bridgehead atoms. The fourth-order valence-corrected chi connectivity index (χ4v) is 3.08. The number of anilines is 3. The van der Waals surface area contributed by atoms with Crippen LogP contribution in [0.3, 0.4) is 0 Å². The van der Waals surface area contributed by atoms with Gasteiger partial charge < -0.3 is 16.0 Å². The molecule has 2 amide bonds. The van der Waals surface area contributed by atoms with Gasteiger partial charge in [-0.3, -0.25) is 9.59 Å². The predicted octanol–water partition coefficient (Wildman–Crippen LogP) is 4.91. The van der Waals surface area contributed by atoms with E-state index in [0.29, 0.717) is 24.2 Å². The first-order valence-corrected chi connectivity index (χ1v) is 10.4. The molecule has 5 nitrogen and oxygen atoms in total. The minimum absolute atomic E-state index is 0.0349. The number of halogens is 1. The molecule has 0 aliphatic heterocycles. The van der Waals surface area contributed by atoms with Gasteiger partial charge in [-0.25, -0.2) is 0 Å². The third-order valence-electron chi connectivity index (χ3n) is 4.23. The third-order valence-corrected chi connectivity index (χ3v) is 4.95. The van der Waals surface area contributed by atoms with Crippen molar-refractivity contribution in [3.63, 3.8) is 0 Å². The Morgan fingerprint density at radius 2 is 1.24 bits per heavy atom. The second-order valence-electron chi connectivity index (χ2n) is 6.52. The molecule has 3 aromatic rings. The zero-order valence-electron chi connectivity index (χ0n) is 15.8. The van der Waals surface area contributed by atoms with E-state index in [2.05, 4.69) is 38.5 Å². The highest BCUT2D eigenvalue weighted by Crippen LogP contribution is 2.15. The number of aryl methyl sites for hydroxylation is 1. The molecule has 3 rings (SSSR count). The number of nitrogens with one attached hydrogen (secondary N) is 3. The summed E-state index contributed by atoms with van der Waals surface area (Å²) in [6.45, 7) is 0.179. The number of rotatable bonds is 8. The Morgan fingerprint density at radius 3 is 1.86 bits per heavy atom. The van der Waals surface area contributed by atoms with E-state index < -0.39 is 0 Å². The lowest BCUT2D eigenvalue weighted by atomic mass is 10.1. The third kappa shape index (κ3) is 7.23. The Labute approximate surface area is 184 Å². The van der Waals surface area contributed by atoms with Gasteiger partial charge in [0, 0.05) is 27.1 Å². The van der Waals surface area contributed by atoms with Crippen molar-refractivity contribution in [3.05, 3.63) is 88.0 Å². The minimum atomic E-state index is -0.136. The van der Waals surface area contributed by atoms with E-state index in [1.807, 2.05) is 54.6 Å². The maximum atomic E-state index is 12.1. The first-order chi connectivity index (χ1) is 14.1. The molecule has 29 heavy (non-hydrogen) atoms. The average Bonchev–Trinajstić information content (AvgIpc) is 2.74. The molecule has 3 aromatic carbocycles. The van der Waals surface area contributed by atoms with Crippen molar-refractivity contribution in [2.75, 3.05) is 22.5 Å². The number of hydrogen-bond acceptors (Lipinski definition) is 3. The van der Waals surface area contributed by atoms with Gasteiger partial charge in [0.2, 0.25) is 11.8 Å². The summed E-state index contributed by atoms with van der Waals surface area (Å²) in [6, 6.07) is 24.9. The van der Waals surface area contributed by atoms with Crippen LogP contribution in [0.2, 0.25) is 0 Å². The predicted molar refractivity (Wildman–Crippen MR) is 126 cm³/mol. The molecule has 0 fully saturated rings. The Balaban J connectivity index is 1.42. The number of benzene rings is 3. The second kappa shape index (κ2) is 10.6. The monoisotopic (exact) mass is 499 g/mol.